The van der Waals surface area contributed by atoms with Crippen molar-refractivity contribution in [3.8, 4) is 11.5 Å². The molecule has 1 aromatic carbocycles. The smallest absolute Gasteiger partial charge is 0.226 e. The molecule has 0 fully saturated rings. The van der Waals surface area contributed by atoms with E-state index in [0.29, 0.717) is 26.1 Å². The monoisotopic (exact) mass is 357 g/mol. The normalized spacial score (nSPS) is 15.9. The van der Waals surface area contributed by atoms with Crippen molar-refractivity contribution >= 4 is 5.91 Å². The summed E-state index contributed by atoms with van der Waals surface area (Å²) >= 11 is 0. The molecular formula is C20H27N3O3. The van der Waals surface area contributed by atoms with Crippen LogP contribution in [0.15, 0.2) is 18.2 Å². The highest BCUT2D eigenvalue weighted by Gasteiger charge is 2.27. The van der Waals surface area contributed by atoms with Crippen molar-refractivity contribution in [2.75, 3.05) is 20.3 Å². The van der Waals surface area contributed by atoms with Crippen LogP contribution in [-0.2, 0) is 24.2 Å². The number of carbonyl (C=O) groups is 1. The molecule has 1 N–H and O–H groups in total. The molecule has 0 radical (unpaired) electrons. The van der Waals surface area contributed by atoms with Gasteiger partial charge in [0.25, 0.3) is 0 Å². The number of fused-ring (bicyclic) bond motifs is 1. The molecule has 1 aromatic heterocycles. The summed E-state index contributed by atoms with van der Waals surface area (Å²) in [7, 11) is 1.63. The molecule has 1 aliphatic rings. The molecule has 1 atom stereocenters. The number of nitrogens with zero attached hydrogens (tertiary/aromatic N) is 2. The number of hydrogen-bond donors (Lipinski definition) is 1. The number of rotatable bonds is 6. The van der Waals surface area contributed by atoms with Crippen molar-refractivity contribution in [3.05, 3.63) is 40.7 Å². The number of ether oxygens (including phenoxy) is 2. The molecule has 26 heavy (non-hydrogen) atoms. The van der Waals surface area contributed by atoms with Gasteiger partial charge in [-0.1, -0.05) is 19.1 Å². The average molecular weight is 357 g/mol. The maximum absolute atomic E-state index is 12.5. The SMILES string of the molecule is CCc1c(C)nn(CCNC(=O)[C@H]2COc3c(cccc3OC)C2)c1C. The van der Waals surface area contributed by atoms with Gasteiger partial charge >= 0.3 is 0 Å². The van der Waals surface area contributed by atoms with Gasteiger partial charge in [-0.25, -0.2) is 0 Å². The van der Waals surface area contributed by atoms with Crippen molar-refractivity contribution in [1.29, 1.82) is 0 Å². The van der Waals surface area contributed by atoms with Crippen LogP contribution >= 0.6 is 0 Å². The van der Waals surface area contributed by atoms with Crippen molar-refractivity contribution < 1.29 is 14.3 Å². The highest BCUT2D eigenvalue weighted by atomic mass is 16.5. The van der Waals surface area contributed by atoms with Crippen molar-refractivity contribution in [1.82, 2.24) is 15.1 Å². The first-order valence-electron chi connectivity index (χ1n) is 9.14. The fraction of sp³-hybridized carbons (Fsp3) is 0.500. The number of carbonyl (C=O) groups excluding carboxylic acids is 1. The molecule has 0 bridgehead atoms. The Kier molecular flexibility index (Phi) is 5.49. The standard InChI is InChI=1S/C20H27N3O3/c1-5-17-13(2)22-23(14(17)3)10-9-21-20(24)16-11-15-7-6-8-18(25-4)19(15)26-12-16/h6-8,16H,5,9-12H2,1-4H3,(H,21,24)/t16-/m1/s1. The zero-order valence-electron chi connectivity index (χ0n) is 16.0. The Morgan fingerprint density at radius 1 is 1.42 bits per heavy atom. The summed E-state index contributed by atoms with van der Waals surface area (Å²) in [6.45, 7) is 7.87. The zero-order valence-corrected chi connectivity index (χ0v) is 16.0. The van der Waals surface area contributed by atoms with Crippen molar-refractivity contribution in [2.45, 2.75) is 40.2 Å². The lowest BCUT2D eigenvalue weighted by Gasteiger charge is -2.25. The maximum Gasteiger partial charge on any atom is 0.226 e. The van der Waals surface area contributed by atoms with E-state index < -0.39 is 0 Å². The molecule has 3 rings (SSSR count). The van der Waals surface area contributed by atoms with Crippen LogP contribution in [0.25, 0.3) is 0 Å². The van der Waals surface area contributed by atoms with E-state index in [1.165, 1.54) is 11.3 Å². The molecule has 2 aromatic rings. The number of nitrogens with one attached hydrogen (secondary N) is 1. The fourth-order valence-electron chi connectivity index (χ4n) is 3.62. The van der Waals surface area contributed by atoms with E-state index in [-0.39, 0.29) is 11.8 Å². The van der Waals surface area contributed by atoms with Gasteiger partial charge < -0.3 is 14.8 Å². The predicted octanol–water partition coefficient (Wildman–Crippen LogP) is 2.44. The van der Waals surface area contributed by atoms with Crippen LogP contribution in [0, 0.1) is 19.8 Å². The van der Waals surface area contributed by atoms with E-state index in [9.17, 15) is 4.79 Å². The first kappa shape index (κ1) is 18.3. The van der Waals surface area contributed by atoms with Gasteiger partial charge in [0.15, 0.2) is 11.5 Å². The minimum Gasteiger partial charge on any atom is -0.493 e. The van der Waals surface area contributed by atoms with Crippen LogP contribution < -0.4 is 14.8 Å². The number of benzene rings is 1. The Hall–Kier alpha value is -2.50. The fourth-order valence-corrected chi connectivity index (χ4v) is 3.62. The Morgan fingerprint density at radius 2 is 2.23 bits per heavy atom. The van der Waals surface area contributed by atoms with Gasteiger partial charge in [0.05, 0.1) is 25.3 Å². The molecule has 2 heterocycles. The summed E-state index contributed by atoms with van der Waals surface area (Å²) in [5, 5.41) is 7.59. The van der Waals surface area contributed by atoms with E-state index in [1.807, 2.05) is 29.8 Å². The number of para-hydroxylation sites is 1. The van der Waals surface area contributed by atoms with Gasteiger partial charge in [0.2, 0.25) is 5.91 Å². The largest absolute Gasteiger partial charge is 0.493 e. The summed E-state index contributed by atoms with van der Waals surface area (Å²) in [5.41, 5.74) is 4.56. The molecular weight excluding hydrogens is 330 g/mol. The van der Waals surface area contributed by atoms with Crippen molar-refractivity contribution in [3.63, 3.8) is 0 Å². The summed E-state index contributed by atoms with van der Waals surface area (Å²) in [6.07, 6.45) is 1.64. The molecule has 0 aliphatic carbocycles. The molecule has 1 aliphatic heterocycles. The first-order chi connectivity index (χ1) is 12.5. The summed E-state index contributed by atoms with van der Waals surface area (Å²) in [6, 6.07) is 5.78. The Morgan fingerprint density at radius 3 is 2.92 bits per heavy atom. The summed E-state index contributed by atoms with van der Waals surface area (Å²) in [5.74, 6) is 1.32. The minimum absolute atomic E-state index is 0.0238. The van der Waals surface area contributed by atoms with Gasteiger partial charge in [-0.05, 0) is 43.9 Å². The zero-order chi connectivity index (χ0) is 18.7. The van der Waals surface area contributed by atoms with Gasteiger partial charge in [0.1, 0.15) is 6.61 Å². The Labute approximate surface area is 154 Å². The molecule has 0 spiro atoms. The van der Waals surface area contributed by atoms with Gasteiger partial charge in [-0.3, -0.25) is 9.48 Å². The number of aromatic nitrogens is 2. The predicted molar refractivity (Wildman–Crippen MR) is 99.8 cm³/mol. The molecule has 0 saturated heterocycles. The lowest BCUT2D eigenvalue weighted by Crippen LogP contribution is -2.38. The lowest BCUT2D eigenvalue weighted by atomic mass is 9.95. The van der Waals surface area contributed by atoms with E-state index in [4.69, 9.17) is 9.47 Å². The van der Waals surface area contributed by atoms with Crippen LogP contribution in [0.1, 0.15) is 29.4 Å². The number of hydrogen-bond acceptors (Lipinski definition) is 4. The number of aryl methyl sites for hydroxylation is 1. The Balaban J connectivity index is 1.56. The quantitative estimate of drug-likeness (QED) is 0.862. The summed E-state index contributed by atoms with van der Waals surface area (Å²) < 4.78 is 13.1. The van der Waals surface area contributed by atoms with Gasteiger partial charge in [-0.2, -0.15) is 5.10 Å². The topological polar surface area (TPSA) is 65.4 Å². The Bertz CT molecular complexity index is 798. The molecule has 6 nitrogen and oxygen atoms in total. The second-order valence-corrected chi connectivity index (χ2v) is 6.68. The minimum atomic E-state index is -0.179. The van der Waals surface area contributed by atoms with Crippen LogP contribution in [-0.4, -0.2) is 35.9 Å². The van der Waals surface area contributed by atoms with E-state index >= 15 is 0 Å². The molecule has 0 unspecified atom stereocenters. The number of amides is 1. The van der Waals surface area contributed by atoms with Crippen LogP contribution in [0.2, 0.25) is 0 Å². The number of methoxy groups -OCH3 is 1. The molecule has 0 saturated carbocycles. The third-order valence-corrected chi connectivity index (χ3v) is 5.05. The highest BCUT2D eigenvalue weighted by Crippen LogP contribution is 2.35. The molecule has 6 heteroatoms. The second-order valence-electron chi connectivity index (χ2n) is 6.68. The maximum atomic E-state index is 12.5. The average Bonchev–Trinajstić information content (AvgIpc) is 2.93. The third kappa shape index (κ3) is 3.54. The van der Waals surface area contributed by atoms with Crippen LogP contribution in [0.4, 0.5) is 0 Å². The molecule has 1 amide bonds. The third-order valence-electron chi connectivity index (χ3n) is 5.05. The van der Waals surface area contributed by atoms with Gasteiger partial charge in [-0.15, -0.1) is 0 Å². The highest BCUT2D eigenvalue weighted by molar-refractivity contribution is 5.79. The first-order valence-corrected chi connectivity index (χ1v) is 9.14. The van der Waals surface area contributed by atoms with E-state index in [2.05, 4.69) is 24.3 Å². The summed E-state index contributed by atoms with van der Waals surface area (Å²) in [4.78, 5) is 12.5. The van der Waals surface area contributed by atoms with Gasteiger partial charge in [0, 0.05) is 12.2 Å². The van der Waals surface area contributed by atoms with E-state index in [0.717, 1.165) is 29.2 Å². The lowest BCUT2D eigenvalue weighted by molar-refractivity contribution is -0.126. The van der Waals surface area contributed by atoms with Crippen LogP contribution in [0.3, 0.4) is 0 Å². The second kappa shape index (κ2) is 7.81. The molecule has 140 valence electrons. The van der Waals surface area contributed by atoms with Crippen LogP contribution in [0.5, 0.6) is 11.5 Å². The van der Waals surface area contributed by atoms with E-state index in [1.54, 1.807) is 7.11 Å². The van der Waals surface area contributed by atoms with Crippen molar-refractivity contribution in [2.24, 2.45) is 5.92 Å².